The monoisotopic (exact) mass is 422 g/mol. The molecule has 3 rings (SSSR count). The van der Waals surface area contributed by atoms with Gasteiger partial charge in [-0.05, 0) is 61.2 Å². The highest BCUT2D eigenvalue weighted by atomic mass is 32.2. The van der Waals surface area contributed by atoms with E-state index in [1.165, 1.54) is 28.4 Å². The van der Waals surface area contributed by atoms with Gasteiger partial charge in [-0.2, -0.15) is 0 Å². The van der Waals surface area contributed by atoms with Crippen LogP contribution in [0.15, 0.2) is 41.8 Å². The molecule has 0 aliphatic carbocycles. The van der Waals surface area contributed by atoms with Gasteiger partial charge in [-0.15, -0.1) is 34.9 Å². The van der Waals surface area contributed by atoms with Crippen LogP contribution in [0.25, 0.3) is 0 Å². The second-order valence-corrected chi connectivity index (χ2v) is 10.3. The number of thiophene rings is 1. The fourth-order valence-electron chi connectivity index (χ4n) is 2.83. The minimum atomic E-state index is -0.0964. The molecule has 27 heavy (non-hydrogen) atoms. The summed E-state index contributed by atoms with van der Waals surface area (Å²) < 4.78 is 6.18. The fraction of sp³-hybridized carbons (Fsp3) is 0.450. The van der Waals surface area contributed by atoms with Gasteiger partial charge in [0.1, 0.15) is 5.75 Å². The molecule has 0 bridgehead atoms. The number of nitrogens with one attached hydrogen (secondary N) is 1. The van der Waals surface area contributed by atoms with E-state index >= 15 is 0 Å². The molecule has 0 radical (unpaired) electrons. The molecule has 1 N–H and O–H groups in total. The van der Waals surface area contributed by atoms with E-state index in [-0.39, 0.29) is 18.6 Å². The SMILES string of the molecule is CN(C)C(CNC(=O)COc1ccc(C2SCCCS2)cc1)c1cccs1. The predicted molar refractivity (Wildman–Crippen MR) is 118 cm³/mol. The molecule has 7 heteroatoms. The van der Waals surface area contributed by atoms with Crippen molar-refractivity contribution in [2.45, 2.75) is 17.0 Å². The molecule has 1 aliphatic rings. The number of carbonyl (C=O) groups excluding carboxylic acids is 1. The Labute approximate surface area is 174 Å². The first-order chi connectivity index (χ1) is 13.1. The largest absolute Gasteiger partial charge is 0.484 e. The summed E-state index contributed by atoms with van der Waals surface area (Å²) in [4.78, 5) is 15.5. The smallest absolute Gasteiger partial charge is 0.258 e. The number of carbonyl (C=O) groups is 1. The third kappa shape index (κ3) is 6.17. The van der Waals surface area contributed by atoms with Gasteiger partial charge in [0, 0.05) is 11.4 Å². The molecule has 1 fully saturated rings. The second-order valence-electron chi connectivity index (χ2n) is 6.58. The predicted octanol–water partition coefficient (Wildman–Crippen LogP) is 4.41. The van der Waals surface area contributed by atoms with Crippen molar-refractivity contribution in [1.82, 2.24) is 10.2 Å². The maximum atomic E-state index is 12.2. The number of nitrogens with zero attached hydrogens (tertiary/aromatic N) is 1. The summed E-state index contributed by atoms with van der Waals surface area (Å²) in [7, 11) is 4.05. The summed E-state index contributed by atoms with van der Waals surface area (Å²) in [5.41, 5.74) is 1.33. The number of hydrogen-bond donors (Lipinski definition) is 1. The summed E-state index contributed by atoms with van der Waals surface area (Å²) >= 11 is 5.72. The molecule has 146 valence electrons. The van der Waals surface area contributed by atoms with Crippen LogP contribution >= 0.6 is 34.9 Å². The average molecular weight is 423 g/mol. The van der Waals surface area contributed by atoms with E-state index in [2.05, 4.69) is 33.8 Å². The van der Waals surface area contributed by atoms with E-state index < -0.39 is 0 Å². The Kier molecular flexibility index (Phi) is 7.93. The van der Waals surface area contributed by atoms with Crippen molar-refractivity contribution in [1.29, 1.82) is 0 Å². The molecule has 1 atom stereocenters. The van der Waals surface area contributed by atoms with Gasteiger partial charge >= 0.3 is 0 Å². The highest BCUT2D eigenvalue weighted by molar-refractivity contribution is 8.16. The normalized spacial score (nSPS) is 16.3. The first kappa shape index (κ1) is 20.6. The van der Waals surface area contributed by atoms with E-state index in [0.717, 1.165) is 5.75 Å². The van der Waals surface area contributed by atoms with E-state index in [4.69, 9.17) is 4.74 Å². The quantitative estimate of drug-likeness (QED) is 0.682. The van der Waals surface area contributed by atoms with E-state index in [1.54, 1.807) is 11.3 Å². The van der Waals surface area contributed by atoms with Crippen molar-refractivity contribution in [2.24, 2.45) is 0 Å². The van der Waals surface area contributed by atoms with Gasteiger partial charge in [-0.3, -0.25) is 4.79 Å². The molecule has 2 heterocycles. The van der Waals surface area contributed by atoms with Crippen LogP contribution in [0.4, 0.5) is 0 Å². The molecule has 0 saturated carbocycles. The van der Waals surface area contributed by atoms with Crippen LogP contribution in [0.1, 0.15) is 27.5 Å². The number of ether oxygens (including phenoxy) is 1. The van der Waals surface area contributed by atoms with Gasteiger partial charge in [-0.25, -0.2) is 0 Å². The molecule has 1 saturated heterocycles. The summed E-state index contributed by atoms with van der Waals surface area (Å²) in [6, 6.07) is 12.5. The molecular weight excluding hydrogens is 396 g/mol. The molecule has 1 amide bonds. The van der Waals surface area contributed by atoms with Crippen LogP contribution < -0.4 is 10.1 Å². The van der Waals surface area contributed by atoms with Crippen LogP contribution in [0.2, 0.25) is 0 Å². The first-order valence-electron chi connectivity index (χ1n) is 9.06. The zero-order valence-electron chi connectivity index (χ0n) is 15.7. The Balaban J connectivity index is 1.44. The van der Waals surface area contributed by atoms with Gasteiger partial charge in [0.25, 0.3) is 5.91 Å². The number of hydrogen-bond acceptors (Lipinski definition) is 6. The van der Waals surface area contributed by atoms with Gasteiger partial charge in [0.05, 0.1) is 10.6 Å². The van der Waals surface area contributed by atoms with Crippen LogP contribution in [-0.4, -0.2) is 49.6 Å². The van der Waals surface area contributed by atoms with E-state index in [0.29, 0.717) is 11.1 Å². The maximum absolute atomic E-state index is 12.2. The van der Waals surface area contributed by atoms with Crippen molar-refractivity contribution < 1.29 is 9.53 Å². The van der Waals surface area contributed by atoms with Crippen molar-refractivity contribution in [3.05, 3.63) is 52.2 Å². The minimum absolute atomic E-state index is 0.0386. The molecule has 1 aromatic heterocycles. The third-order valence-electron chi connectivity index (χ3n) is 4.34. The summed E-state index contributed by atoms with van der Waals surface area (Å²) in [6.07, 6.45) is 1.29. The number of thioether (sulfide) groups is 2. The lowest BCUT2D eigenvalue weighted by Crippen LogP contribution is -2.36. The van der Waals surface area contributed by atoms with Crippen molar-refractivity contribution in [3.8, 4) is 5.75 Å². The number of benzene rings is 1. The maximum Gasteiger partial charge on any atom is 0.258 e. The fourth-order valence-corrected chi connectivity index (χ4v) is 6.65. The lowest BCUT2D eigenvalue weighted by molar-refractivity contribution is -0.123. The third-order valence-corrected chi connectivity index (χ3v) is 8.33. The van der Waals surface area contributed by atoms with Crippen molar-refractivity contribution >= 4 is 40.8 Å². The molecule has 1 aliphatic heterocycles. The Hall–Kier alpha value is -1.15. The number of rotatable bonds is 8. The van der Waals surface area contributed by atoms with E-state index in [9.17, 15) is 4.79 Å². The van der Waals surface area contributed by atoms with Gasteiger partial charge in [0.15, 0.2) is 6.61 Å². The molecule has 0 spiro atoms. The molecule has 1 unspecified atom stereocenters. The number of likely N-dealkylation sites (N-methyl/N-ethyl adjacent to an activating group) is 1. The zero-order valence-corrected chi connectivity index (χ0v) is 18.2. The molecule has 4 nitrogen and oxygen atoms in total. The van der Waals surface area contributed by atoms with Crippen LogP contribution in [0.5, 0.6) is 5.75 Å². The Morgan fingerprint density at radius 1 is 1.22 bits per heavy atom. The first-order valence-corrected chi connectivity index (χ1v) is 12.0. The van der Waals surface area contributed by atoms with Crippen molar-refractivity contribution in [3.63, 3.8) is 0 Å². The number of amides is 1. The summed E-state index contributed by atoms with van der Waals surface area (Å²) in [5, 5.41) is 5.04. The lowest BCUT2D eigenvalue weighted by atomic mass is 10.2. The minimum Gasteiger partial charge on any atom is -0.484 e. The zero-order chi connectivity index (χ0) is 19.1. The lowest BCUT2D eigenvalue weighted by Gasteiger charge is -2.23. The molecular formula is C20H26N2O2S3. The second kappa shape index (κ2) is 10.4. The standard InChI is InChI=1S/C20H26N2O2S3/c1-22(2)17(18-5-3-10-25-18)13-21-19(23)14-24-16-8-6-15(7-9-16)20-26-11-4-12-27-20/h3,5-10,17,20H,4,11-14H2,1-2H3,(H,21,23). The molecule has 2 aromatic rings. The van der Waals surface area contributed by atoms with Gasteiger partial charge in [0.2, 0.25) is 0 Å². The van der Waals surface area contributed by atoms with Crippen LogP contribution in [0, 0.1) is 0 Å². The topological polar surface area (TPSA) is 41.6 Å². The van der Waals surface area contributed by atoms with Crippen LogP contribution in [0.3, 0.4) is 0 Å². The Bertz CT molecular complexity index is 699. The van der Waals surface area contributed by atoms with E-state index in [1.807, 2.05) is 55.8 Å². The highest BCUT2D eigenvalue weighted by Gasteiger charge is 2.17. The summed E-state index contributed by atoms with van der Waals surface area (Å²) in [6.45, 7) is 0.613. The summed E-state index contributed by atoms with van der Waals surface area (Å²) in [5.74, 6) is 3.10. The van der Waals surface area contributed by atoms with Crippen molar-refractivity contribution in [2.75, 3.05) is 38.8 Å². The van der Waals surface area contributed by atoms with Crippen LogP contribution in [-0.2, 0) is 4.79 Å². The Morgan fingerprint density at radius 2 is 1.96 bits per heavy atom. The average Bonchev–Trinajstić information content (AvgIpc) is 3.22. The molecule has 1 aromatic carbocycles. The van der Waals surface area contributed by atoms with Gasteiger partial charge in [-0.1, -0.05) is 18.2 Å². The highest BCUT2D eigenvalue weighted by Crippen LogP contribution is 2.43. The Morgan fingerprint density at radius 3 is 2.59 bits per heavy atom. The van der Waals surface area contributed by atoms with Gasteiger partial charge < -0.3 is 15.0 Å².